The van der Waals surface area contributed by atoms with Gasteiger partial charge in [-0.2, -0.15) is 5.10 Å². The Morgan fingerprint density at radius 1 is 1.80 bits per heavy atom. The van der Waals surface area contributed by atoms with E-state index in [0.717, 1.165) is 17.7 Å². The van der Waals surface area contributed by atoms with Gasteiger partial charge in [0, 0.05) is 18.8 Å². The summed E-state index contributed by atoms with van der Waals surface area (Å²) in [6, 6.07) is 0.0178. The fourth-order valence-corrected chi connectivity index (χ4v) is 1.59. The first-order valence-electron chi connectivity index (χ1n) is 5.01. The van der Waals surface area contributed by atoms with Gasteiger partial charge in [0.05, 0.1) is 11.7 Å². The fourth-order valence-electron chi connectivity index (χ4n) is 1.59. The largest absolute Gasteiger partial charge is 0.346 e. The highest BCUT2D eigenvalue weighted by Crippen LogP contribution is 2.19. The van der Waals surface area contributed by atoms with Crippen LogP contribution in [0.15, 0.2) is 18.9 Å². The summed E-state index contributed by atoms with van der Waals surface area (Å²) in [6.07, 6.45) is 4.06. The average Bonchev–Trinajstić information content (AvgIpc) is 2.54. The molecule has 15 heavy (non-hydrogen) atoms. The molecule has 0 aliphatic carbocycles. The lowest BCUT2D eigenvalue weighted by Gasteiger charge is -2.14. The van der Waals surface area contributed by atoms with Crippen LogP contribution < -0.4 is 5.32 Å². The maximum absolute atomic E-state index is 11.2. The van der Waals surface area contributed by atoms with Gasteiger partial charge in [0.15, 0.2) is 0 Å². The first-order valence-corrected chi connectivity index (χ1v) is 5.01. The summed E-state index contributed by atoms with van der Waals surface area (Å²) in [6.45, 7) is 7.41. The molecule has 1 atom stereocenters. The molecule has 0 radical (unpaired) electrons. The van der Waals surface area contributed by atoms with Gasteiger partial charge >= 0.3 is 0 Å². The lowest BCUT2D eigenvalue weighted by Crippen LogP contribution is -2.26. The molecule has 1 unspecified atom stereocenters. The van der Waals surface area contributed by atoms with E-state index in [9.17, 15) is 4.79 Å². The van der Waals surface area contributed by atoms with Gasteiger partial charge in [0.25, 0.3) is 0 Å². The second-order valence-corrected chi connectivity index (χ2v) is 3.52. The number of carbonyl (C=O) groups excluding carboxylic acids is 1. The molecule has 82 valence electrons. The number of rotatable bonds is 4. The molecule has 1 aromatic heterocycles. The van der Waals surface area contributed by atoms with Crippen LogP contribution in [0.1, 0.15) is 30.6 Å². The van der Waals surface area contributed by atoms with E-state index >= 15 is 0 Å². The maximum Gasteiger partial charge on any atom is 0.243 e. The highest BCUT2D eigenvalue weighted by Gasteiger charge is 2.15. The summed E-state index contributed by atoms with van der Waals surface area (Å²) in [7, 11) is 1.87. The fraction of sp³-hybridized carbons (Fsp3) is 0.455. The van der Waals surface area contributed by atoms with Crippen molar-refractivity contribution >= 4 is 5.91 Å². The molecular weight excluding hydrogens is 190 g/mol. The minimum atomic E-state index is -0.148. The highest BCUT2D eigenvalue weighted by molar-refractivity contribution is 5.87. The van der Waals surface area contributed by atoms with Crippen LogP contribution in [0.3, 0.4) is 0 Å². The molecule has 1 amide bonds. The molecular formula is C11H17N3O. The molecule has 0 fully saturated rings. The molecule has 1 heterocycles. The summed E-state index contributed by atoms with van der Waals surface area (Å²) in [5, 5.41) is 7.13. The average molecular weight is 207 g/mol. The van der Waals surface area contributed by atoms with Crippen LogP contribution in [0.25, 0.3) is 0 Å². The van der Waals surface area contributed by atoms with E-state index in [1.807, 2.05) is 27.1 Å². The molecule has 0 aromatic carbocycles. The quantitative estimate of drug-likeness (QED) is 0.760. The monoisotopic (exact) mass is 207 g/mol. The number of aromatic nitrogens is 2. The van der Waals surface area contributed by atoms with E-state index in [2.05, 4.69) is 17.0 Å². The number of carbonyl (C=O) groups is 1. The van der Waals surface area contributed by atoms with Crippen LogP contribution in [0, 0.1) is 6.92 Å². The maximum atomic E-state index is 11.2. The Bertz CT molecular complexity index is 368. The molecule has 0 aliphatic heterocycles. The van der Waals surface area contributed by atoms with Crippen LogP contribution >= 0.6 is 0 Å². The Balaban J connectivity index is 2.87. The topological polar surface area (TPSA) is 46.9 Å². The lowest BCUT2D eigenvalue weighted by atomic mass is 10.1. The molecule has 0 bridgehead atoms. The van der Waals surface area contributed by atoms with Crippen molar-refractivity contribution in [1.29, 1.82) is 0 Å². The van der Waals surface area contributed by atoms with E-state index in [1.54, 1.807) is 4.68 Å². The number of amides is 1. The molecule has 0 saturated carbocycles. The van der Waals surface area contributed by atoms with Crippen molar-refractivity contribution in [1.82, 2.24) is 15.1 Å². The number of hydrogen-bond acceptors (Lipinski definition) is 2. The number of hydrogen-bond donors (Lipinski definition) is 1. The van der Waals surface area contributed by atoms with Crippen LogP contribution in [0.4, 0.5) is 0 Å². The van der Waals surface area contributed by atoms with Crippen LogP contribution in [0.2, 0.25) is 0 Å². The predicted octanol–water partition coefficient (Wildman–Crippen LogP) is 1.48. The van der Waals surface area contributed by atoms with Gasteiger partial charge in [-0.05, 0) is 19.4 Å². The Morgan fingerprint density at radius 2 is 2.47 bits per heavy atom. The zero-order valence-corrected chi connectivity index (χ0v) is 9.45. The van der Waals surface area contributed by atoms with Crippen molar-refractivity contribution in [2.24, 2.45) is 7.05 Å². The first kappa shape index (κ1) is 11.5. The number of nitrogens with one attached hydrogen (secondary N) is 1. The second-order valence-electron chi connectivity index (χ2n) is 3.52. The molecule has 0 aliphatic rings. The Kier molecular flexibility index (Phi) is 3.66. The number of nitrogens with zero attached hydrogens (tertiary/aromatic N) is 2. The van der Waals surface area contributed by atoms with Gasteiger partial charge in [-0.1, -0.05) is 13.5 Å². The van der Waals surface area contributed by atoms with Crippen molar-refractivity contribution in [3.05, 3.63) is 30.1 Å². The van der Waals surface area contributed by atoms with Crippen molar-refractivity contribution in [2.45, 2.75) is 26.3 Å². The summed E-state index contributed by atoms with van der Waals surface area (Å²) in [4.78, 5) is 11.2. The predicted molar refractivity (Wildman–Crippen MR) is 59.3 cm³/mol. The van der Waals surface area contributed by atoms with Gasteiger partial charge in [0.2, 0.25) is 5.91 Å². The van der Waals surface area contributed by atoms with E-state index in [0.29, 0.717) is 0 Å². The normalized spacial score (nSPS) is 12.2. The van der Waals surface area contributed by atoms with E-state index < -0.39 is 0 Å². The highest BCUT2D eigenvalue weighted by atomic mass is 16.1. The van der Waals surface area contributed by atoms with E-state index in [4.69, 9.17) is 0 Å². The number of aryl methyl sites for hydroxylation is 2. The minimum Gasteiger partial charge on any atom is -0.346 e. The zero-order chi connectivity index (χ0) is 11.4. The molecule has 1 N–H and O–H groups in total. The van der Waals surface area contributed by atoms with Crippen molar-refractivity contribution in [2.75, 3.05) is 0 Å². The van der Waals surface area contributed by atoms with E-state index in [1.165, 1.54) is 6.08 Å². The zero-order valence-electron chi connectivity index (χ0n) is 9.45. The summed E-state index contributed by atoms with van der Waals surface area (Å²) in [5.74, 6) is -0.148. The van der Waals surface area contributed by atoms with Crippen molar-refractivity contribution < 1.29 is 4.79 Å². The minimum absolute atomic E-state index is 0.0178. The standard InChI is InChI=1S/C11H17N3O/c1-5-10(12-11(15)6-2)9-7-14(4)13-8(9)3/h6-7,10H,2,5H2,1,3-4H3,(H,12,15). The Labute approximate surface area is 90.0 Å². The van der Waals surface area contributed by atoms with Crippen molar-refractivity contribution in [3.8, 4) is 0 Å². The molecule has 4 heteroatoms. The summed E-state index contributed by atoms with van der Waals surface area (Å²) >= 11 is 0. The van der Waals surface area contributed by atoms with Gasteiger partial charge in [-0.3, -0.25) is 9.48 Å². The van der Waals surface area contributed by atoms with Gasteiger partial charge in [-0.25, -0.2) is 0 Å². The summed E-state index contributed by atoms with van der Waals surface area (Å²) < 4.78 is 1.76. The van der Waals surface area contributed by atoms with Crippen LogP contribution in [-0.4, -0.2) is 15.7 Å². The van der Waals surface area contributed by atoms with E-state index in [-0.39, 0.29) is 11.9 Å². The van der Waals surface area contributed by atoms with Gasteiger partial charge in [0.1, 0.15) is 0 Å². The second kappa shape index (κ2) is 4.77. The third-order valence-corrected chi connectivity index (χ3v) is 2.34. The van der Waals surface area contributed by atoms with Gasteiger partial charge < -0.3 is 5.32 Å². The molecule has 0 saturated heterocycles. The van der Waals surface area contributed by atoms with Crippen LogP contribution in [0.5, 0.6) is 0 Å². The van der Waals surface area contributed by atoms with Crippen LogP contribution in [-0.2, 0) is 11.8 Å². The van der Waals surface area contributed by atoms with Gasteiger partial charge in [-0.15, -0.1) is 0 Å². The van der Waals surface area contributed by atoms with Crippen molar-refractivity contribution in [3.63, 3.8) is 0 Å². The third-order valence-electron chi connectivity index (χ3n) is 2.34. The third kappa shape index (κ3) is 2.68. The summed E-state index contributed by atoms with van der Waals surface area (Å²) in [5.41, 5.74) is 2.02. The molecule has 0 spiro atoms. The SMILES string of the molecule is C=CC(=O)NC(CC)c1cn(C)nc1C. The lowest BCUT2D eigenvalue weighted by molar-refractivity contribution is -0.117. The molecule has 1 rings (SSSR count). The smallest absolute Gasteiger partial charge is 0.243 e. The Morgan fingerprint density at radius 3 is 2.87 bits per heavy atom. The first-order chi connectivity index (χ1) is 7.08. The molecule has 1 aromatic rings. The Hall–Kier alpha value is -1.58. The molecule has 4 nitrogen and oxygen atoms in total.